The second kappa shape index (κ2) is 3.16. The highest BCUT2D eigenvalue weighted by Gasteiger charge is 2.05. The van der Waals surface area contributed by atoms with Gasteiger partial charge in [-0.3, -0.25) is 0 Å². The number of rotatable bonds is 1. The number of anilines is 1. The Labute approximate surface area is 79.6 Å². The van der Waals surface area contributed by atoms with Crippen LogP contribution in [-0.4, -0.2) is 5.11 Å². The molecule has 0 spiro atoms. The van der Waals surface area contributed by atoms with E-state index < -0.39 is 5.63 Å². The van der Waals surface area contributed by atoms with E-state index in [0.717, 1.165) is 0 Å². The summed E-state index contributed by atoms with van der Waals surface area (Å²) in [5.41, 5.74) is 6.11. The van der Waals surface area contributed by atoms with Gasteiger partial charge in [-0.25, -0.2) is 4.79 Å². The molecule has 0 atom stereocenters. The first-order valence-electron chi connectivity index (χ1n) is 4.14. The highest BCUT2D eigenvalue weighted by atomic mass is 16.4. The van der Waals surface area contributed by atoms with Crippen LogP contribution in [0.1, 0.15) is 5.56 Å². The van der Waals surface area contributed by atoms with Crippen molar-refractivity contribution < 1.29 is 9.52 Å². The second-order valence-corrected chi connectivity index (χ2v) is 2.98. The lowest BCUT2D eigenvalue weighted by Crippen LogP contribution is -2.07. The molecule has 0 unspecified atom stereocenters. The fraction of sp³-hybridized carbons (Fsp3) is 0.100. The Hall–Kier alpha value is -1.81. The van der Waals surface area contributed by atoms with E-state index >= 15 is 0 Å². The zero-order chi connectivity index (χ0) is 10.1. The summed E-state index contributed by atoms with van der Waals surface area (Å²) in [6.45, 7) is -0.326. The average molecular weight is 191 g/mol. The molecule has 1 aromatic heterocycles. The topological polar surface area (TPSA) is 76.5 Å². The quantitative estimate of drug-likeness (QED) is 0.518. The van der Waals surface area contributed by atoms with E-state index in [0.29, 0.717) is 16.7 Å². The van der Waals surface area contributed by atoms with Gasteiger partial charge in [0, 0.05) is 5.39 Å². The molecule has 72 valence electrons. The van der Waals surface area contributed by atoms with Crippen molar-refractivity contribution in [2.24, 2.45) is 0 Å². The van der Waals surface area contributed by atoms with Gasteiger partial charge in [-0.2, -0.15) is 0 Å². The van der Waals surface area contributed by atoms with Crippen molar-refractivity contribution >= 4 is 16.7 Å². The van der Waals surface area contributed by atoms with Crippen LogP contribution in [0.15, 0.2) is 33.5 Å². The van der Waals surface area contributed by atoms with E-state index in [9.17, 15) is 4.79 Å². The van der Waals surface area contributed by atoms with E-state index in [1.165, 1.54) is 0 Å². The number of para-hydroxylation sites is 1. The summed E-state index contributed by atoms with van der Waals surface area (Å²) in [5, 5.41) is 9.57. The lowest BCUT2D eigenvalue weighted by atomic mass is 10.2. The number of aliphatic hydroxyl groups is 1. The molecule has 0 saturated heterocycles. The van der Waals surface area contributed by atoms with E-state index in [2.05, 4.69) is 0 Å². The Morgan fingerprint density at radius 3 is 2.93 bits per heavy atom. The van der Waals surface area contributed by atoms with Crippen LogP contribution in [0.25, 0.3) is 11.0 Å². The monoisotopic (exact) mass is 191 g/mol. The molecule has 2 aromatic rings. The van der Waals surface area contributed by atoms with Gasteiger partial charge in [0.05, 0.1) is 17.9 Å². The SMILES string of the molecule is Nc1cccc2cc(CO)c(=O)oc12. The van der Waals surface area contributed by atoms with Crippen LogP contribution < -0.4 is 11.4 Å². The average Bonchev–Trinajstić information content (AvgIpc) is 2.19. The predicted octanol–water partition coefficient (Wildman–Crippen LogP) is 0.867. The van der Waals surface area contributed by atoms with Crippen molar-refractivity contribution in [1.82, 2.24) is 0 Å². The molecular weight excluding hydrogens is 182 g/mol. The van der Waals surface area contributed by atoms with Crippen LogP contribution in [0.2, 0.25) is 0 Å². The van der Waals surface area contributed by atoms with Crippen LogP contribution in [-0.2, 0) is 6.61 Å². The molecule has 1 heterocycles. The molecule has 0 amide bonds. The number of aliphatic hydroxyl groups excluding tert-OH is 1. The fourth-order valence-electron chi connectivity index (χ4n) is 1.32. The van der Waals surface area contributed by atoms with Crippen molar-refractivity contribution in [3.05, 3.63) is 40.2 Å². The maximum atomic E-state index is 11.2. The van der Waals surface area contributed by atoms with Gasteiger partial charge in [-0.05, 0) is 12.1 Å². The van der Waals surface area contributed by atoms with Gasteiger partial charge in [0.15, 0.2) is 5.58 Å². The van der Waals surface area contributed by atoms with Crippen LogP contribution in [0.5, 0.6) is 0 Å². The summed E-state index contributed by atoms with van der Waals surface area (Å²) >= 11 is 0. The van der Waals surface area contributed by atoms with Crippen LogP contribution >= 0.6 is 0 Å². The Kier molecular flexibility index (Phi) is 1.98. The predicted molar refractivity (Wildman–Crippen MR) is 52.8 cm³/mol. The van der Waals surface area contributed by atoms with Crippen molar-refractivity contribution in [3.63, 3.8) is 0 Å². The maximum Gasteiger partial charge on any atom is 0.341 e. The molecule has 3 N–H and O–H groups in total. The summed E-state index contributed by atoms with van der Waals surface area (Å²) in [4.78, 5) is 11.2. The molecule has 0 saturated carbocycles. The standard InChI is InChI=1S/C10H9NO3/c11-8-3-1-2-6-4-7(5-12)10(13)14-9(6)8/h1-4,12H,5,11H2. The Morgan fingerprint density at radius 2 is 2.21 bits per heavy atom. The molecule has 14 heavy (non-hydrogen) atoms. The van der Waals surface area contributed by atoms with Crippen LogP contribution in [0, 0.1) is 0 Å². The van der Waals surface area contributed by atoms with Crippen LogP contribution in [0.4, 0.5) is 5.69 Å². The van der Waals surface area contributed by atoms with Crippen LogP contribution in [0.3, 0.4) is 0 Å². The van der Waals surface area contributed by atoms with Crippen molar-refractivity contribution in [2.75, 3.05) is 5.73 Å². The lowest BCUT2D eigenvalue weighted by molar-refractivity contribution is 0.276. The summed E-state index contributed by atoms with van der Waals surface area (Å²) < 4.78 is 4.97. The smallest absolute Gasteiger partial charge is 0.341 e. The summed E-state index contributed by atoms with van der Waals surface area (Å²) in [5.74, 6) is 0. The van der Waals surface area contributed by atoms with Gasteiger partial charge in [0.25, 0.3) is 0 Å². The Morgan fingerprint density at radius 1 is 1.43 bits per heavy atom. The first kappa shape index (κ1) is 8.77. The molecule has 0 fully saturated rings. The minimum atomic E-state index is -0.544. The molecule has 4 nitrogen and oxygen atoms in total. The van der Waals surface area contributed by atoms with Gasteiger partial charge < -0.3 is 15.3 Å². The van der Waals surface area contributed by atoms with Gasteiger partial charge >= 0.3 is 5.63 Å². The van der Waals surface area contributed by atoms with Gasteiger partial charge in [0.2, 0.25) is 0 Å². The van der Waals surface area contributed by atoms with Crippen molar-refractivity contribution in [3.8, 4) is 0 Å². The molecule has 2 rings (SSSR count). The molecule has 0 aliphatic heterocycles. The molecular formula is C10H9NO3. The molecule has 4 heteroatoms. The minimum Gasteiger partial charge on any atom is -0.420 e. The highest BCUT2D eigenvalue weighted by molar-refractivity contribution is 5.87. The van der Waals surface area contributed by atoms with E-state index in [4.69, 9.17) is 15.3 Å². The van der Waals surface area contributed by atoms with E-state index in [-0.39, 0.29) is 12.2 Å². The maximum absolute atomic E-state index is 11.2. The van der Waals surface area contributed by atoms with Gasteiger partial charge in [0.1, 0.15) is 0 Å². The number of nitrogen functional groups attached to an aromatic ring is 1. The molecule has 1 aromatic carbocycles. The number of hydrogen-bond donors (Lipinski definition) is 2. The largest absolute Gasteiger partial charge is 0.420 e. The highest BCUT2D eigenvalue weighted by Crippen LogP contribution is 2.19. The zero-order valence-corrected chi connectivity index (χ0v) is 7.36. The van der Waals surface area contributed by atoms with Crippen molar-refractivity contribution in [1.29, 1.82) is 0 Å². The molecule has 0 radical (unpaired) electrons. The van der Waals surface area contributed by atoms with E-state index in [1.807, 2.05) is 0 Å². The molecule has 0 aliphatic carbocycles. The third-order valence-corrected chi connectivity index (χ3v) is 2.03. The third kappa shape index (κ3) is 1.25. The Bertz CT molecular complexity index is 530. The summed E-state index contributed by atoms with van der Waals surface area (Å²) in [7, 11) is 0. The molecule has 0 bridgehead atoms. The second-order valence-electron chi connectivity index (χ2n) is 2.98. The zero-order valence-electron chi connectivity index (χ0n) is 7.36. The first-order chi connectivity index (χ1) is 6.72. The number of nitrogens with two attached hydrogens (primary N) is 1. The third-order valence-electron chi connectivity index (χ3n) is 2.03. The minimum absolute atomic E-state index is 0.239. The Balaban J connectivity index is 2.86. The molecule has 0 aliphatic rings. The number of fused-ring (bicyclic) bond motifs is 1. The van der Waals surface area contributed by atoms with Crippen molar-refractivity contribution in [2.45, 2.75) is 6.61 Å². The van der Waals surface area contributed by atoms with Gasteiger partial charge in [-0.15, -0.1) is 0 Å². The first-order valence-corrected chi connectivity index (χ1v) is 4.14. The fourth-order valence-corrected chi connectivity index (χ4v) is 1.32. The summed E-state index contributed by atoms with van der Waals surface area (Å²) in [6.07, 6.45) is 0. The van der Waals surface area contributed by atoms with E-state index in [1.54, 1.807) is 24.3 Å². The number of hydrogen-bond acceptors (Lipinski definition) is 4. The number of benzene rings is 1. The van der Waals surface area contributed by atoms with Gasteiger partial charge in [-0.1, -0.05) is 12.1 Å². The summed E-state index contributed by atoms with van der Waals surface area (Å²) in [6, 6.07) is 6.77. The normalized spacial score (nSPS) is 10.6. The lowest BCUT2D eigenvalue weighted by Gasteiger charge is -2.01.